The van der Waals surface area contributed by atoms with Gasteiger partial charge in [-0.3, -0.25) is 0 Å². The van der Waals surface area contributed by atoms with E-state index in [1.807, 2.05) is 24.3 Å². The Labute approximate surface area is 134 Å². The number of hydrogen-bond donors (Lipinski definition) is 2. The number of benzene rings is 2. The number of amides is 2. The van der Waals surface area contributed by atoms with E-state index in [0.29, 0.717) is 15.7 Å². The fourth-order valence-corrected chi connectivity index (χ4v) is 2.46. The molecule has 0 atom stereocenters. The fourth-order valence-electron chi connectivity index (χ4n) is 1.45. The summed E-state index contributed by atoms with van der Waals surface area (Å²) in [5, 5.41) is 6.16. The van der Waals surface area contributed by atoms with Gasteiger partial charge in [0.25, 0.3) is 0 Å². The van der Waals surface area contributed by atoms with E-state index >= 15 is 0 Å². The predicted molar refractivity (Wildman–Crippen MR) is 88.3 cm³/mol. The second-order valence-electron chi connectivity index (χ2n) is 3.66. The predicted octanol–water partition coefficient (Wildman–Crippen LogP) is 5.24. The molecule has 2 amide bonds. The molecule has 19 heavy (non-hydrogen) atoms. The van der Waals surface area contributed by atoms with E-state index < -0.39 is 0 Å². The van der Waals surface area contributed by atoms with Gasteiger partial charge in [0.2, 0.25) is 0 Å². The highest BCUT2D eigenvalue weighted by Crippen LogP contribution is 2.30. The van der Waals surface area contributed by atoms with Crippen molar-refractivity contribution in [3.05, 3.63) is 56.1 Å². The van der Waals surface area contributed by atoms with Gasteiger partial charge in [-0.15, -0.1) is 0 Å². The normalized spacial score (nSPS) is 10.1. The Balaban J connectivity index is 2.12. The monoisotopic (exact) mass is 406 g/mol. The van der Waals surface area contributed by atoms with Crippen LogP contribution in [0.3, 0.4) is 0 Å². The maximum Gasteiger partial charge on any atom is 0.323 e. The number of rotatable bonds is 2. The molecule has 0 aromatic heterocycles. The number of hydrogen-bond acceptors (Lipinski definition) is 1. The average Bonchev–Trinajstić information content (AvgIpc) is 2.37. The summed E-state index contributed by atoms with van der Waals surface area (Å²) in [6.45, 7) is 0. The van der Waals surface area contributed by atoms with E-state index in [0.717, 1.165) is 9.26 Å². The van der Waals surface area contributed by atoms with Crippen LogP contribution in [-0.4, -0.2) is 6.03 Å². The van der Waals surface area contributed by atoms with E-state index in [4.69, 9.17) is 23.2 Å². The second-order valence-corrected chi connectivity index (χ2v) is 5.63. The van der Waals surface area contributed by atoms with Gasteiger partial charge in [-0.25, -0.2) is 4.79 Å². The van der Waals surface area contributed by atoms with Gasteiger partial charge in [0.1, 0.15) is 0 Å². The van der Waals surface area contributed by atoms with Crippen LogP contribution in [0.5, 0.6) is 0 Å². The minimum absolute atomic E-state index is 0.390. The van der Waals surface area contributed by atoms with E-state index in [-0.39, 0.29) is 6.03 Å². The summed E-state index contributed by atoms with van der Waals surface area (Å²) in [7, 11) is 0. The highest BCUT2D eigenvalue weighted by molar-refractivity contribution is 14.1. The van der Waals surface area contributed by atoms with Crippen LogP contribution in [0.15, 0.2) is 42.5 Å². The van der Waals surface area contributed by atoms with Gasteiger partial charge in [0.05, 0.1) is 21.4 Å². The molecular formula is C13H9Cl2IN2O. The molecule has 2 N–H and O–H groups in total. The molecule has 3 nitrogen and oxygen atoms in total. The molecule has 0 aliphatic rings. The molecule has 6 heteroatoms. The van der Waals surface area contributed by atoms with Crippen molar-refractivity contribution in [2.45, 2.75) is 0 Å². The van der Waals surface area contributed by atoms with Crippen LogP contribution in [0.1, 0.15) is 0 Å². The Hall–Kier alpha value is -0.980. The van der Waals surface area contributed by atoms with Crippen molar-refractivity contribution in [3.8, 4) is 0 Å². The number of halogens is 3. The van der Waals surface area contributed by atoms with Crippen LogP contribution in [0.2, 0.25) is 10.0 Å². The van der Waals surface area contributed by atoms with Gasteiger partial charge >= 0.3 is 6.03 Å². The number of anilines is 2. The molecule has 0 unspecified atom stereocenters. The molecule has 2 aromatic rings. The average molecular weight is 407 g/mol. The molecule has 98 valence electrons. The van der Waals surface area contributed by atoms with Crippen LogP contribution < -0.4 is 10.6 Å². The maximum atomic E-state index is 11.9. The standard InChI is InChI=1S/C13H9Cl2IN2O/c14-8-4-3-5-9(15)12(8)18-13(19)17-11-7-2-1-6-10(11)16/h1-7H,(H2,17,18,19). The molecule has 0 spiro atoms. The van der Waals surface area contributed by atoms with Gasteiger partial charge in [-0.1, -0.05) is 41.4 Å². The summed E-state index contributed by atoms with van der Waals surface area (Å²) in [6, 6.07) is 12.1. The van der Waals surface area contributed by atoms with Crippen molar-refractivity contribution in [1.29, 1.82) is 0 Å². The molecular weight excluding hydrogens is 398 g/mol. The van der Waals surface area contributed by atoms with Gasteiger partial charge in [-0.2, -0.15) is 0 Å². The van der Waals surface area contributed by atoms with Crippen molar-refractivity contribution in [1.82, 2.24) is 0 Å². The smallest absolute Gasteiger partial charge is 0.307 e. The van der Waals surface area contributed by atoms with E-state index in [9.17, 15) is 4.79 Å². The van der Waals surface area contributed by atoms with Crippen LogP contribution in [0, 0.1) is 3.57 Å². The molecule has 0 aliphatic heterocycles. The molecule has 0 radical (unpaired) electrons. The fraction of sp³-hybridized carbons (Fsp3) is 0. The zero-order valence-corrected chi connectivity index (χ0v) is 13.3. The number of urea groups is 1. The Bertz CT molecular complexity index is 599. The van der Waals surface area contributed by atoms with Crippen molar-refractivity contribution >= 4 is 63.2 Å². The number of carbonyl (C=O) groups is 1. The molecule has 0 saturated heterocycles. The Morgan fingerprint density at radius 1 is 0.947 bits per heavy atom. The maximum absolute atomic E-state index is 11.9. The molecule has 0 heterocycles. The third-order valence-corrected chi connectivity index (χ3v) is 3.89. The summed E-state index contributed by atoms with van der Waals surface area (Å²) in [5.74, 6) is 0. The highest BCUT2D eigenvalue weighted by atomic mass is 127. The summed E-state index contributed by atoms with van der Waals surface area (Å²) >= 11 is 14.1. The summed E-state index contributed by atoms with van der Waals surface area (Å²) in [4.78, 5) is 11.9. The lowest BCUT2D eigenvalue weighted by Gasteiger charge is -2.11. The first kappa shape index (κ1) is 14.4. The Morgan fingerprint density at radius 2 is 1.58 bits per heavy atom. The lowest BCUT2D eigenvalue weighted by atomic mass is 10.3. The van der Waals surface area contributed by atoms with Crippen molar-refractivity contribution in [2.75, 3.05) is 10.6 Å². The van der Waals surface area contributed by atoms with Crippen LogP contribution in [0.25, 0.3) is 0 Å². The van der Waals surface area contributed by atoms with Gasteiger partial charge in [0.15, 0.2) is 0 Å². The lowest BCUT2D eigenvalue weighted by molar-refractivity contribution is 0.262. The molecule has 2 aromatic carbocycles. The van der Waals surface area contributed by atoms with Crippen LogP contribution in [-0.2, 0) is 0 Å². The van der Waals surface area contributed by atoms with Crippen LogP contribution in [0.4, 0.5) is 16.2 Å². The summed E-state index contributed by atoms with van der Waals surface area (Å²) in [6.07, 6.45) is 0. The topological polar surface area (TPSA) is 41.1 Å². The summed E-state index contributed by atoms with van der Waals surface area (Å²) in [5.41, 5.74) is 1.12. The Kier molecular flexibility index (Phi) is 4.90. The molecule has 0 bridgehead atoms. The quantitative estimate of drug-likeness (QED) is 0.657. The van der Waals surface area contributed by atoms with Gasteiger partial charge < -0.3 is 10.6 Å². The summed E-state index contributed by atoms with van der Waals surface area (Å²) < 4.78 is 0.945. The SMILES string of the molecule is O=C(Nc1ccccc1I)Nc1c(Cl)cccc1Cl. The van der Waals surface area contributed by atoms with E-state index in [2.05, 4.69) is 33.2 Å². The van der Waals surface area contributed by atoms with Crippen LogP contribution >= 0.6 is 45.8 Å². The number of carbonyl (C=O) groups excluding carboxylic acids is 1. The van der Waals surface area contributed by atoms with Gasteiger partial charge in [0, 0.05) is 3.57 Å². The van der Waals surface area contributed by atoms with Crippen molar-refractivity contribution in [2.24, 2.45) is 0 Å². The third kappa shape index (κ3) is 3.75. The molecule has 2 rings (SSSR count). The molecule has 0 saturated carbocycles. The first-order valence-corrected chi connectivity index (χ1v) is 7.18. The molecule has 0 aliphatic carbocycles. The first-order valence-electron chi connectivity index (χ1n) is 5.34. The van der Waals surface area contributed by atoms with Crippen molar-refractivity contribution < 1.29 is 4.79 Å². The third-order valence-electron chi connectivity index (χ3n) is 2.32. The highest BCUT2D eigenvalue weighted by Gasteiger charge is 2.10. The second kappa shape index (κ2) is 6.45. The Morgan fingerprint density at radius 3 is 2.21 bits per heavy atom. The van der Waals surface area contributed by atoms with Gasteiger partial charge in [-0.05, 0) is 46.9 Å². The zero-order valence-electron chi connectivity index (χ0n) is 9.58. The number of nitrogens with one attached hydrogen (secondary N) is 2. The lowest BCUT2D eigenvalue weighted by Crippen LogP contribution is -2.20. The van der Waals surface area contributed by atoms with E-state index in [1.165, 1.54) is 0 Å². The zero-order chi connectivity index (χ0) is 13.8. The number of para-hydroxylation sites is 2. The van der Waals surface area contributed by atoms with E-state index in [1.54, 1.807) is 18.2 Å². The largest absolute Gasteiger partial charge is 0.323 e. The first-order chi connectivity index (χ1) is 9.08. The minimum Gasteiger partial charge on any atom is -0.307 e. The van der Waals surface area contributed by atoms with Crippen molar-refractivity contribution in [3.63, 3.8) is 0 Å². The minimum atomic E-state index is -0.390. The molecule has 0 fully saturated rings.